The number of nitriles is 2. The van der Waals surface area contributed by atoms with Gasteiger partial charge in [0.1, 0.15) is 22.7 Å². The topological polar surface area (TPSA) is 162 Å². The number of thioether (sulfide) groups is 1. The van der Waals surface area contributed by atoms with Crippen LogP contribution in [0, 0.1) is 22.7 Å². The molecule has 0 fully saturated rings. The number of fused-ring (bicyclic) bond motifs is 1. The lowest BCUT2D eigenvalue weighted by molar-refractivity contribution is -0.116. The highest BCUT2D eigenvalue weighted by Crippen LogP contribution is 2.47. The van der Waals surface area contributed by atoms with Crippen molar-refractivity contribution in [2.75, 3.05) is 16.0 Å². The number of nitrogens with two attached hydrogens (primary N) is 1. The van der Waals surface area contributed by atoms with E-state index < -0.39 is 5.92 Å². The second-order valence-corrected chi connectivity index (χ2v) is 12.8. The minimum atomic E-state index is -0.661. The van der Waals surface area contributed by atoms with Gasteiger partial charge in [0, 0.05) is 22.6 Å². The van der Waals surface area contributed by atoms with Gasteiger partial charge in [-0.15, -0.1) is 21.5 Å². The maximum atomic E-state index is 13.1. The summed E-state index contributed by atoms with van der Waals surface area (Å²) in [6, 6.07) is 7.91. The number of ketones is 1. The van der Waals surface area contributed by atoms with Crippen molar-refractivity contribution in [1.82, 2.24) is 10.2 Å². The van der Waals surface area contributed by atoms with Gasteiger partial charge in [-0.3, -0.25) is 14.5 Å². The van der Waals surface area contributed by atoms with Crippen molar-refractivity contribution in [3.8, 4) is 12.1 Å². The van der Waals surface area contributed by atoms with Gasteiger partial charge in [0.25, 0.3) is 0 Å². The van der Waals surface area contributed by atoms with Gasteiger partial charge < -0.3 is 15.5 Å². The molecule has 4 heterocycles. The highest BCUT2D eigenvalue weighted by Gasteiger charge is 2.42. The molecule has 40 heavy (non-hydrogen) atoms. The number of nitrogens with zero attached hydrogens (tertiary/aromatic N) is 5. The summed E-state index contributed by atoms with van der Waals surface area (Å²) in [5, 5.41) is 32.2. The van der Waals surface area contributed by atoms with Gasteiger partial charge in [-0.1, -0.05) is 23.1 Å². The summed E-state index contributed by atoms with van der Waals surface area (Å²) in [4.78, 5) is 28.7. The molecule has 3 aliphatic rings. The average Bonchev–Trinajstić information content (AvgIpc) is 3.71. The van der Waals surface area contributed by atoms with Crippen LogP contribution in [0.1, 0.15) is 59.8 Å². The summed E-state index contributed by atoms with van der Waals surface area (Å²) < 4.78 is 6.14. The number of amides is 1. The molecule has 0 spiro atoms. The molecule has 0 saturated carbocycles. The summed E-state index contributed by atoms with van der Waals surface area (Å²) in [5.41, 5.74) is 9.62. The lowest BCUT2D eigenvalue weighted by Gasteiger charge is -2.37. The Balaban J connectivity index is 1.22. The molecule has 10 nitrogen and oxygen atoms in total. The molecule has 0 radical (unpaired) electrons. The maximum Gasteiger partial charge on any atom is 0.235 e. The Hall–Kier alpha value is -3.91. The first-order valence-electron chi connectivity index (χ1n) is 12.8. The second kappa shape index (κ2) is 10.9. The molecule has 6 rings (SSSR count). The Bertz CT molecular complexity index is 1650. The van der Waals surface area contributed by atoms with E-state index in [9.17, 15) is 20.1 Å². The Labute approximate surface area is 242 Å². The highest BCUT2D eigenvalue weighted by atomic mass is 32.2. The zero-order valence-corrected chi connectivity index (χ0v) is 23.7. The molecule has 1 aliphatic heterocycles. The fourth-order valence-corrected chi connectivity index (χ4v) is 8.39. The standard InChI is InChI=1S/C27H23N7O3S3/c28-11-15-14-5-1-2-9-20(14)39-25(15)31-21(36)13-38-27-33-32-26(40-27)34-17-6-3-7-18(35)23(17)22(16(12-29)24(34)30)19-8-4-10-37-19/h4,8,10,22H,1-3,5-7,9,13,30H2,(H,31,36). The van der Waals surface area contributed by atoms with Crippen molar-refractivity contribution in [1.29, 1.82) is 10.5 Å². The molecule has 3 aromatic heterocycles. The zero-order chi connectivity index (χ0) is 27.8. The van der Waals surface area contributed by atoms with E-state index in [4.69, 9.17) is 10.2 Å². The largest absolute Gasteiger partial charge is 0.468 e. The summed E-state index contributed by atoms with van der Waals surface area (Å²) in [6.45, 7) is 0. The Kier molecular flexibility index (Phi) is 7.19. The number of carbonyl (C=O) groups is 2. The minimum absolute atomic E-state index is 0.0457. The number of nitrogens with one attached hydrogen (secondary N) is 1. The van der Waals surface area contributed by atoms with Crippen molar-refractivity contribution in [3.05, 3.63) is 62.8 Å². The van der Waals surface area contributed by atoms with Crippen LogP contribution in [-0.2, 0) is 22.4 Å². The van der Waals surface area contributed by atoms with Gasteiger partial charge in [0.2, 0.25) is 11.0 Å². The molecule has 202 valence electrons. The molecule has 1 unspecified atom stereocenters. The fraction of sp³-hybridized carbons (Fsp3) is 0.333. The lowest BCUT2D eigenvalue weighted by atomic mass is 9.78. The molecule has 0 aromatic carbocycles. The summed E-state index contributed by atoms with van der Waals surface area (Å²) in [5.74, 6) is -0.170. The zero-order valence-electron chi connectivity index (χ0n) is 21.2. The van der Waals surface area contributed by atoms with Crippen LogP contribution in [0.3, 0.4) is 0 Å². The second-order valence-electron chi connectivity index (χ2n) is 9.55. The van der Waals surface area contributed by atoms with Crippen LogP contribution in [0.25, 0.3) is 0 Å². The number of allylic oxidation sites excluding steroid dienone is 3. The number of carbonyl (C=O) groups excluding carboxylic acids is 2. The molecule has 2 aliphatic carbocycles. The van der Waals surface area contributed by atoms with Crippen LogP contribution in [0.15, 0.2) is 49.8 Å². The van der Waals surface area contributed by atoms with Gasteiger partial charge in [0.15, 0.2) is 10.1 Å². The number of rotatable bonds is 6. The van der Waals surface area contributed by atoms with E-state index in [0.29, 0.717) is 56.3 Å². The Morgan fingerprint density at radius 1 is 1.18 bits per heavy atom. The van der Waals surface area contributed by atoms with E-state index in [0.717, 1.165) is 31.2 Å². The molecular formula is C27H23N7O3S3. The minimum Gasteiger partial charge on any atom is -0.468 e. The number of anilines is 2. The highest BCUT2D eigenvalue weighted by molar-refractivity contribution is 8.01. The van der Waals surface area contributed by atoms with Crippen molar-refractivity contribution in [2.24, 2.45) is 5.73 Å². The van der Waals surface area contributed by atoms with Crippen LogP contribution >= 0.6 is 34.4 Å². The fourth-order valence-electron chi connectivity index (χ4n) is 5.46. The first-order chi connectivity index (χ1) is 19.5. The third-order valence-corrected chi connectivity index (χ3v) is 10.4. The lowest BCUT2D eigenvalue weighted by Crippen LogP contribution is -2.38. The number of thiophene rings is 1. The number of hydrogen-bond acceptors (Lipinski definition) is 12. The van der Waals surface area contributed by atoms with Crippen molar-refractivity contribution >= 4 is 56.3 Å². The van der Waals surface area contributed by atoms with Crippen molar-refractivity contribution < 1.29 is 14.0 Å². The van der Waals surface area contributed by atoms with Gasteiger partial charge in [-0.25, -0.2) is 0 Å². The predicted molar refractivity (Wildman–Crippen MR) is 152 cm³/mol. The Morgan fingerprint density at radius 3 is 2.80 bits per heavy atom. The quantitative estimate of drug-likeness (QED) is 0.375. The normalized spacial score (nSPS) is 18.7. The SMILES string of the molecule is N#CC1=C(N)N(c2nnc(SCC(=O)Nc3sc4c(c3C#N)CCCC4)s2)C2=C(C(=O)CCC2)C1c1ccco1. The molecular weight excluding hydrogens is 567 g/mol. The van der Waals surface area contributed by atoms with Crippen LogP contribution in [0.4, 0.5) is 10.1 Å². The average molecular weight is 590 g/mol. The van der Waals surface area contributed by atoms with Crippen LogP contribution in [0.5, 0.6) is 0 Å². The van der Waals surface area contributed by atoms with E-state index in [1.54, 1.807) is 17.0 Å². The van der Waals surface area contributed by atoms with E-state index in [1.165, 1.54) is 45.6 Å². The van der Waals surface area contributed by atoms with Crippen molar-refractivity contribution in [3.63, 3.8) is 0 Å². The summed E-state index contributed by atoms with van der Waals surface area (Å²) >= 11 is 3.95. The van der Waals surface area contributed by atoms with Gasteiger partial charge in [0.05, 0.1) is 35.1 Å². The molecule has 13 heteroatoms. The Morgan fingerprint density at radius 2 is 2.02 bits per heavy atom. The van der Waals surface area contributed by atoms with Gasteiger partial charge in [-0.05, 0) is 56.2 Å². The number of aryl methyl sites for hydroxylation is 1. The molecule has 1 atom stereocenters. The first-order valence-corrected chi connectivity index (χ1v) is 15.4. The first kappa shape index (κ1) is 26.3. The number of aromatic nitrogens is 2. The maximum absolute atomic E-state index is 13.1. The molecule has 3 aromatic rings. The number of hydrogen-bond donors (Lipinski definition) is 2. The summed E-state index contributed by atoms with van der Waals surface area (Å²) in [7, 11) is 0. The van der Waals surface area contributed by atoms with Crippen LogP contribution in [-0.4, -0.2) is 27.6 Å². The van der Waals surface area contributed by atoms with E-state index in [2.05, 4.69) is 27.7 Å². The van der Waals surface area contributed by atoms with Crippen molar-refractivity contribution in [2.45, 2.75) is 55.2 Å². The molecule has 1 amide bonds. The third kappa shape index (κ3) is 4.60. The van der Waals surface area contributed by atoms with Crippen LogP contribution < -0.4 is 16.0 Å². The molecule has 0 saturated heterocycles. The third-order valence-electron chi connectivity index (χ3n) is 7.19. The van der Waals surface area contributed by atoms with E-state index in [-0.39, 0.29) is 28.8 Å². The van der Waals surface area contributed by atoms with E-state index in [1.807, 2.05) is 0 Å². The van der Waals surface area contributed by atoms with Gasteiger partial charge in [-0.2, -0.15) is 10.5 Å². The molecule has 0 bridgehead atoms. The van der Waals surface area contributed by atoms with Crippen LogP contribution in [0.2, 0.25) is 0 Å². The number of furan rings is 1. The summed E-state index contributed by atoms with van der Waals surface area (Å²) in [6.07, 6.45) is 7.13. The van der Waals surface area contributed by atoms with Gasteiger partial charge >= 0.3 is 0 Å². The number of Topliss-reactive ketones (excluding diaryl/α,β-unsaturated/α-hetero) is 1. The molecule has 3 N–H and O–H groups in total. The van der Waals surface area contributed by atoms with E-state index >= 15 is 0 Å². The smallest absolute Gasteiger partial charge is 0.235 e. The predicted octanol–water partition coefficient (Wildman–Crippen LogP) is 4.98. The monoisotopic (exact) mass is 589 g/mol.